The van der Waals surface area contributed by atoms with E-state index >= 15 is 0 Å². The molecule has 1 N–H and O–H groups in total. The molecule has 1 fully saturated rings. The third-order valence-electron chi connectivity index (χ3n) is 7.22. The Bertz CT molecular complexity index is 1400. The van der Waals surface area contributed by atoms with Gasteiger partial charge in [0.1, 0.15) is 0 Å². The summed E-state index contributed by atoms with van der Waals surface area (Å²) in [5, 5.41) is 7.48. The lowest BCUT2D eigenvalue weighted by atomic mass is 9.93. The van der Waals surface area contributed by atoms with Crippen LogP contribution in [0.15, 0.2) is 77.3 Å². The minimum Gasteiger partial charge on any atom is -0.493 e. The van der Waals surface area contributed by atoms with E-state index in [2.05, 4.69) is 57.6 Å². The van der Waals surface area contributed by atoms with Gasteiger partial charge in [-0.05, 0) is 62.2 Å². The molecule has 1 atom stereocenters. The van der Waals surface area contributed by atoms with Crippen molar-refractivity contribution >= 4 is 5.91 Å². The van der Waals surface area contributed by atoms with Crippen molar-refractivity contribution in [2.24, 2.45) is 5.92 Å². The second-order valence-corrected chi connectivity index (χ2v) is 9.90. The van der Waals surface area contributed by atoms with Crippen LogP contribution < -0.4 is 14.8 Å². The van der Waals surface area contributed by atoms with Crippen LogP contribution in [0.4, 0.5) is 0 Å². The first kappa shape index (κ1) is 26.4. The highest BCUT2D eigenvalue weighted by Crippen LogP contribution is 2.31. The number of aromatic nitrogens is 2. The maximum Gasteiger partial charge on any atom is 0.241 e. The first-order valence-corrected chi connectivity index (χ1v) is 13.2. The number of ether oxygens (including phenoxy) is 2. The van der Waals surface area contributed by atoms with Crippen LogP contribution in [0, 0.1) is 12.8 Å². The van der Waals surface area contributed by atoms with E-state index in [-0.39, 0.29) is 17.9 Å². The molecule has 3 aromatic carbocycles. The average molecular weight is 527 g/mol. The molecule has 0 aliphatic carbocycles. The van der Waals surface area contributed by atoms with Crippen molar-refractivity contribution in [2.45, 2.75) is 32.4 Å². The summed E-state index contributed by atoms with van der Waals surface area (Å²) in [6.45, 7) is 4.19. The quantitative estimate of drug-likeness (QED) is 0.321. The summed E-state index contributed by atoms with van der Waals surface area (Å²) >= 11 is 0. The first-order chi connectivity index (χ1) is 19.0. The average Bonchev–Trinajstić information content (AvgIpc) is 3.44. The van der Waals surface area contributed by atoms with E-state index in [4.69, 9.17) is 14.0 Å². The monoisotopic (exact) mass is 526 g/mol. The van der Waals surface area contributed by atoms with Crippen molar-refractivity contribution in [1.29, 1.82) is 0 Å². The van der Waals surface area contributed by atoms with Crippen molar-refractivity contribution in [1.82, 2.24) is 20.4 Å². The Morgan fingerprint density at radius 2 is 1.72 bits per heavy atom. The second kappa shape index (κ2) is 12.1. The SMILES string of the molecule is COc1ccc(-c2noc(CN3CCC(C(=O)NC(c4ccccc4)c4cccc(C)c4)CC3)n2)cc1OC. The van der Waals surface area contributed by atoms with Crippen LogP contribution in [0.3, 0.4) is 0 Å². The number of hydrogen-bond donors (Lipinski definition) is 1. The Morgan fingerprint density at radius 1 is 0.974 bits per heavy atom. The minimum absolute atomic E-state index is 0.0396. The predicted octanol–water partition coefficient (Wildman–Crippen LogP) is 5.18. The summed E-state index contributed by atoms with van der Waals surface area (Å²) in [5.41, 5.74) is 4.13. The molecule has 1 aliphatic rings. The molecule has 0 bridgehead atoms. The van der Waals surface area contributed by atoms with Crippen LogP contribution in [-0.2, 0) is 11.3 Å². The molecule has 39 heavy (non-hydrogen) atoms. The Hall–Kier alpha value is -4.17. The summed E-state index contributed by atoms with van der Waals surface area (Å²) in [4.78, 5) is 20.2. The summed E-state index contributed by atoms with van der Waals surface area (Å²) in [5.74, 6) is 2.36. The number of benzene rings is 3. The number of amides is 1. The van der Waals surface area contributed by atoms with Crippen molar-refractivity contribution in [3.8, 4) is 22.9 Å². The minimum atomic E-state index is -0.176. The van der Waals surface area contributed by atoms with Gasteiger partial charge in [-0.3, -0.25) is 9.69 Å². The van der Waals surface area contributed by atoms with E-state index < -0.39 is 0 Å². The lowest BCUT2D eigenvalue weighted by molar-refractivity contribution is -0.127. The van der Waals surface area contributed by atoms with E-state index in [0.717, 1.165) is 42.6 Å². The molecule has 0 spiro atoms. The summed E-state index contributed by atoms with van der Waals surface area (Å²) in [6.07, 6.45) is 1.55. The molecule has 5 rings (SSSR count). The Kier molecular flexibility index (Phi) is 8.22. The van der Waals surface area contributed by atoms with Gasteiger partial charge >= 0.3 is 0 Å². The standard InChI is InChI=1S/C31H34N4O4/c1-21-8-7-11-24(18-21)29(22-9-5-4-6-10-22)33-31(36)23-14-16-35(17-15-23)20-28-32-30(34-39-28)25-12-13-26(37-2)27(19-25)38-3/h4-13,18-19,23,29H,14-17,20H2,1-3H3,(H,33,36). The topological polar surface area (TPSA) is 89.7 Å². The van der Waals surface area contributed by atoms with Gasteiger partial charge in [0.25, 0.3) is 0 Å². The third kappa shape index (κ3) is 6.29. The lowest BCUT2D eigenvalue weighted by Gasteiger charge is -2.31. The van der Waals surface area contributed by atoms with Crippen molar-refractivity contribution in [2.75, 3.05) is 27.3 Å². The van der Waals surface area contributed by atoms with Gasteiger partial charge in [-0.1, -0.05) is 65.3 Å². The number of carbonyl (C=O) groups is 1. The fourth-order valence-electron chi connectivity index (χ4n) is 5.07. The summed E-state index contributed by atoms with van der Waals surface area (Å²) < 4.78 is 16.2. The van der Waals surface area contributed by atoms with Crippen molar-refractivity contribution < 1.29 is 18.8 Å². The van der Waals surface area contributed by atoms with Gasteiger partial charge in [0, 0.05) is 11.5 Å². The molecule has 1 aliphatic heterocycles. The highest BCUT2D eigenvalue weighted by molar-refractivity contribution is 5.79. The van der Waals surface area contributed by atoms with E-state index in [1.54, 1.807) is 14.2 Å². The molecule has 1 amide bonds. The largest absolute Gasteiger partial charge is 0.493 e. The van der Waals surface area contributed by atoms with Gasteiger partial charge in [-0.2, -0.15) is 4.98 Å². The highest BCUT2D eigenvalue weighted by atomic mass is 16.5. The molecule has 4 aromatic rings. The zero-order chi connectivity index (χ0) is 27.2. The van der Waals surface area contributed by atoms with Gasteiger partial charge in [-0.15, -0.1) is 0 Å². The molecule has 2 heterocycles. The number of methoxy groups -OCH3 is 2. The van der Waals surface area contributed by atoms with Gasteiger partial charge in [0.15, 0.2) is 11.5 Å². The normalized spacial score (nSPS) is 15.1. The number of nitrogens with zero attached hydrogens (tertiary/aromatic N) is 3. The molecule has 202 valence electrons. The van der Waals surface area contributed by atoms with Crippen LogP contribution in [0.25, 0.3) is 11.4 Å². The molecular formula is C31H34N4O4. The zero-order valence-corrected chi connectivity index (χ0v) is 22.6. The number of piperidine rings is 1. The van der Waals surface area contributed by atoms with Gasteiger partial charge < -0.3 is 19.3 Å². The predicted molar refractivity (Wildman–Crippen MR) is 148 cm³/mol. The van der Waals surface area contributed by atoms with Gasteiger partial charge in [0.05, 0.1) is 26.8 Å². The Balaban J connectivity index is 1.19. The summed E-state index contributed by atoms with van der Waals surface area (Å²) in [7, 11) is 3.19. The number of likely N-dealkylation sites (tertiary alicyclic amines) is 1. The molecule has 8 nitrogen and oxygen atoms in total. The first-order valence-electron chi connectivity index (χ1n) is 13.2. The van der Waals surface area contributed by atoms with Crippen LogP contribution >= 0.6 is 0 Å². The van der Waals surface area contributed by atoms with E-state index in [0.29, 0.717) is 29.8 Å². The Labute approximate surface area is 228 Å². The number of carbonyl (C=O) groups excluding carboxylic acids is 1. The third-order valence-corrected chi connectivity index (χ3v) is 7.22. The molecule has 1 unspecified atom stereocenters. The smallest absolute Gasteiger partial charge is 0.241 e. The summed E-state index contributed by atoms with van der Waals surface area (Å²) in [6, 6.07) is 23.8. The fraction of sp³-hybridized carbons (Fsp3) is 0.323. The Morgan fingerprint density at radius 3 is 2.44 bits per heavy atom. The molecule has 1 saturated heterocycles. The zero-order valence-electron chi connectivity index (χ0n) is 22.6. The highest BCUT2D eigenvalue weighted by Gasteiger charge is 2.28. The number of aryl methyl sites for hydroxylation is 1. The van der Waals surface area contributed by atoms with Crippen LogP contribution in [0.5, 0.6) is 11.5 Å². The van der Waals surface area contributed by atoms with Crippen LogP contribution in [-0.4, -0.2) is 48.3 Å². The van der Waals surface area contributed by atoms with E-state index in [1.165, 1.54) is 5.56 Å². The maximum atomic E-state index is 13.4. The fourth-order valence-corrected chi connectivity index (χ4v) is 5.07. The van der Waals surface area contributed by atoms with Crippen molar-refractivity contribution in [3.63, 3.8) is 0 Å². The molecule has 1 aromatic heterocycles. The van der Waals surface area contributed by atoms with Crippen molar-refractivity contribution in [3.05, 3.63) is 95.4 Å². The molecule has 0 radical (unpaired) electrons. The number of hydrogen-bond acceptors (Lipinski definition) is 7. The maximum absolute atomic E-state index is 13.4. The van der Waals surface area contributed by atoms with Gasteiger partial charge in [-0.25, -0.2) is 0 Å². The van der Waals surface area contributed by atoms with Gasteiger partial charge in [0.2, 0.25) is 17.6 Å². The molecule has 8 heteroatoms. The van der Waals surface area contributed by atoms with E-state index in [9.17, 15) is 4.79 Å². The molecular weight excluding hydrogens is 492 g/mol. The van der Waals surface area contributed by atoms with Crippen LogP contribution in [0.2, 0.25) is 0 Å². The molecule has 0 saturated carbocycles. The van der Waals surface area contributed by atoms with Crippen LogP contribution in [0.1, 0.15) is 41.5 Å². The number of nitrogens with one attached hydrogen (secondary N) is 1. The number of rotatable bonds is 9. The second-order valence-electron chi connectivity index (χ2n) is 9.90. The van der Waals surface area contributed by atoms with E-state index in [1.807, 2.05) is 42.5 Å². The lowest BCUT2D eigenvalue weighted by Crippen LogP contribution is -2.41.